The summed E-state index contributed by atoms with van der Waals surface area (Å²) in [7, 11) is 0. The lowest BCUT2D eigenvalue weighted by molar-refractivity contribution is 0.262. The molecule has 3 N–H and O–H groups in total. The molecule has 0 aliphatic carbocycles. The highest BCUT2D eigenvalue weighted by Gasteiger charge is 2.12. The molecule has 198 valence electrons. The third kappa shape index (κ3) is 7.19. The molecule has 0 saturated carbocycles. The molecule has 0 fully saturated rings. The molecule has 0 atom stereocenters. The molecule has 0 aliphatic heterocycles. The van der Waals surface area contributed by atoms with Crippen LogP contribution in [-0.4, -0.2) is 46.7 Å². The standard InChI is InChI=1S/C29H33ClN6O2/c1-3-35(4-2)18-17-31-19-26-28(37)36(27-8-6-5-7-25(27)34-26)20-21-9-13-23(14-10-21)32-29(38)33-24-15-11-22(30)12-16-24/h5-16,31H,3-4,17-20H2,1-2H3,(H2,32,33,38). The van der Waals surface area contributed by atoms with Crippen molar-refractivity contribution in [2.75, 3.05) is 36.8 Å². The lowest BCUT2D eigenvalue weighted by atomic mass is 10.2. The molecule has 1 heterocycles. The van der Waals surface area contributed by atoms with E-state index < -0.39 is 0 Å². The molecule has 0 spiro atoms. The second-order valence-electron chi connectivity index (χ2n) is 8.93. The zero-order chi connectivity index (χ0) is 26.9. The highest BCUT2D eigenvalue weighted by Crippen LogP contribution is 2.16. The maximum Gasteiger partial charge on any atom is 0.323 e. The number of anilines is 2. The summed E-state index contributed by atoms with van der Waals surface area (Å²) in [5, 5.41) is 9.56. The number of aromatic nitrogens is 2. The van der Waals surface area contributed by atoms with E-state index in [-0.39, 0.29) is 11.6 Å². The number of nitrogens with zero attached hydrogens (tertiary/aromatic N) is 3. The molecule has 4 aromatic rings. The van der Waals surface area contributed by atoms with Gasteiger partial charge in [0.1, 0.15) is 5.69 Å². The molecule has 2 amide bonds. The van der Waals surface area contributed by atoms with Crippen LogP contribution in [0.1, 0.15) is 25.1 Å². The number of fused-ring (bicyclic) bond motifs is 1. The topological polar surface area (TPSA) is 91.3 Å². The van der Waals surface area contributed by atoms with Crippen LogP contribution in [0, 0.1) is 0 Å². The van der Waals surface area contributed by atoms with Crippen molar-refractivity contribution in [1.29, 1.82) is 0 Å². The van der Waals surface area contributed by atoms with Crippen LogP contribution in [0.2, 0.25) is 5.02 Å². The summed E-state index contributed by atoms with van der Waals surface area (Å²) in [6, 6.07) is 21.7. The normalized spacial score (nSPS) is 11.2. The SMILES string of the molecule is CCN(CC)CCNCc1nc2ccccc2n(Cc2ccc(NC(=O)Nc3ccc(Cl)cc3)cc2)c1=O. The van der Waals surface area contributed by atoms with E-state index in [4.69, 9.17) is 11.6 Å². The van der Waals surface area contributed by atoms with Crippen molar-refractivity contribution in [2.45, 2.75) is 26.9 Å². The largest absolute Gasteiger partial charge is 0.323 e. The van der Waals surface area contributed by atoms with Gasteiger partial charge < -0.3 is 25.4 Å². The van der Waals surface area contributed by atoms with Crippen LogP contribution in [0.15, 0.2) is 77.6 Å². The van der Waals surface area contributed by atoms with E-state index in [9.17, 15) is 9.59 Å². The van der Waals surface area contributed by atoms with Crippen LogP contribution in [0.3, 0.4) is 0 Å². The monoisotopic (exact) mass is 532 g/mol. The molecule has 0 bridgehead atoms. The lowest BCUT2D eigenvalue weighted by Gasteiger charge is -2.18. The minimum Gasteiger partial charge on any atom is -0.310 e. The predicted octanol–water partition coefficient (Wildman–Crippen LogP) is 5.17. The minimum absolute atomic E-state index is 0.108. The summed E-state index contributed by atoms with van der Waals surface area (Å²) in [5.74, 6) is 0. The number of halogens is 1. The molecule has 38 heavy (non-hydrogen) atoms. The van der Waals surface area contributed by atoms with Gasteiger partial charge in [-0.2, -0.15) is 0 Å². The number of likely N-dealkylation sites (N-methyl/N-ethyl adjacent to an activating group) is 1. The van der Waals surface area contributed by atoms with Crippen molar-refractivity contribution in [3.63, 3.8) is 0 Å². The summed E-state index contributed by atoms with van der Waals surface area (Å²) in [6.45, 7) is 8.81. The fraction of sp³-hybridized carbons (Fsp3) is 0.276. The van der Waals surface area contributed by atoms with Gasteiger partial charge in [0.2, 0.25) is 0 Å². The molecule has 8 nitrogen and oxygen atoms in total. The summed E-state index contributed by atoms with van der Waals surface area (Å²) < 4.78 is 1.76. The Hall–Kier alpha value is -3.72. The van der Waals surface area contributed by atoms with Gasteiger partial charge in [0.05, 0.1) is 17.6 Å². The van der Waals surface area contributed by atoms with E-state index in [1.165, 1.54) is 0 Å². The number of hydrogen-bond donors (Lipinski definition) is 3. The number of carbonyl (C=O) groups is 1. The van der Waals surface area contributed by atoms with Gasteiger partial charge >= 0.3 is 6.03 Å². The van der Waals surface area contributed by atoms with Crippen LogP contribution in [-0.2, 0) is 13.1 Å². The number of hydrogen-bond acceptors (Lipinski definition) is 5. The van der Waals surface area contributed by atoms with Crippen molar-refractivity contribution in [3.8, 4) is 0 Å². The Bertz CT molecular complexity index is 1420. The van der Waals surface area contributed by atoms with Crippen molar-refractivity contribution >= 4 is 40.0 Å². The maximum atomic E-state index is 13.4. The van der Waals surface area contributed by atoms with Crippen LogP contribution < -0.4 is 21.5 Å². The van der Waals surface area contributed by atoms with Gasteiger partial charge in [-0.05, 0) is 67.2 Å². The Kier molecular flexibility index (Phi) is 9.48. The van der Waals surface area contributed by atoms with E-state index >= 15 is 0 Å². The lowest BCUT2D eigenvalue weighted by Crippen LogP contribution is -2.34. The fourth-order valence-electron chi connectivity index (χ4n) is 4.20. The molecule has 3 aromatic carbocycles. The summed E-state index contributed by atoms with van der Waals surface area (Å²) >= 11 is 5.89. The molecular formula is C29H33ClN6O2. The number of rotatable bonds is 11. The molecule has 4 rings (SSSR count). The minimum atomic E-state index is -0.352. The van der Waals surface area contributed by atoms with Gasteiger partial charge in [0.15, 0.2) is 0 Å². The summed E-state index contributed by atoms with van der Waals surface area (Å²) in [6.07, 6.45) is 0. The van der Waals surface area contributed by atoms with Gasteiger partial charge in [-0.15, -0.1) is 0 Å². The molecule has 0 saturated heterocycles. The summed E-state index contributed by atoms with van der Waals surface area (Å²) in [4.78, 5) is 32.7. The number of nitrogens with one attached hydrogen (secondary N) is 3. The molecule has 0 unspecified atom stereocenters. The molecule has 0 aliphatic rings. The Balaban J connectivity index is 1.45. The van der Waals surface area contributed by atoms with Crippen LogP contribution in [0.5, 0.6) is 0 Å². The number of para-hydroxylation sites is 2. The van der Waals surface area contributed by atoms with Crippen molar-refractivity contribution in [2.24, 2.45) is 0 Å². The van der Waals surface area contributed by atoms with E-state index in [1.54, 1.807) is 28.8 Å². The van der Waals surface area contributed by atoms with Crippen molar-refractivity contribution < 1.29 is 4.79 Å². The van der Waals surface area contributed by atoms with E-state index in [2.05, 4.69) is 39.7 Å². The van der Waals surface area contributed by atoms with E-state index in [1.807, 2.05) is 48.5 Å². The zero-order valence-electron chi connectivity index (χ0n) is 21.7. The van der Waals surface area contributed by atoms with Crippen molar-refractivity contribution in [1.82, 2.24) is 19.8 Å². The average molecular weight is 533 g/mol. The van der Waals surface area contributed by atoms with Crippen molar-refractivity contribution in [3.05, 3.63) is 99.4 Å². The Labute approximate surface area is 227 Å². The third-order valence-corrected chi connectivity index (χ3v) is 6.62. The van der Waals surface area contributed by atoms with Gasteiger partial charge in [-0.1, -0.05) is 49.7 Å². The molecule has 1 aromatic heterocycles. The number of amides is 2. The van der Waals surface area contributed by atoms with Gasteiger partial charge in [-0.25, -0.2) is 9.78 Å². The number of urea groups is 1. The van der Waals surface area contributed by atoms with Gasteiger partial charge in [0.25, 0.3) is 5.56 Å². The zero-order valence-corrected chi connectivity index (χ0v) is 22.5. The highest BCUT2D eigenvalue weighted by molar-refractivity contribution is 6.30. The second-order valence-corrected chi connectivity index (χ2v) is 9.36. The number of benzene rings is 3. The maximum absolute atomic E-state index is 13.4. The Morgan fingerprint density at radius 3 is 2.21 bits per heavy atom. The highest BCUT2D eigenvalue weighted by atomic mass is 35.5. The average Bonchev–Trinajstić information content (AvgIpc) is 2.93. The Morgan fingerprint density at radius 2 is 1.55 bits per heavy atom. The fourth-order valence-corrected chi connectivity index (χ4v) is 4.33. The van der Waals surface area contributed by atoms with Crippen LogP contribution in [0.25, 0.3) is 11.0 Å². The predicted molar refractivity (Wildman–Crippen MR) is 155 cm³/mol. The smallest absolute Gasteiger partial charge is 0.310 e. The molecule has 0 radical (unpaired) electrons. The second kappa shape index (κ2) is 13.2. The first-order valence-electron chi connectivity index (χ1n) is 12.8. The van der Waals surface area contributed by atoms with Crippen LogP contribution >= 0.6 is 11.6 Å². The quantitative estimate of drug-likeness (QED) is 0.232. The van der Waals surface area contributed by atoms with E-state index in [0.29, 0.717) is 35.2 Å². The third-order valence-electron chi connectivity index (χ3n) is 6.37. The molecule has 9 heteroatoms. The Morgan fingerprint density at radius 1 is 0.921 bits per heavy atom. The first-order chi connectivity index (χ1) is 18.5. The van der Waals surface area contributed by atoms with Gasteiger partial charge in [-0.3, -0.25) is 4.79 Å². The number of carbonyl (C=O) groups excluding carboxylic acids is 1. The first-order valence-corrected chi connectivity index (χ1v) is 13.2. The molecular weight excluding hydrogens is 500 g/mol. The summed E-state index contributed by atoms with van der Waals surface area (Å²) in [5.41, 5.74) is 4.19. The first kappa shape index (κ1) is 27.3. The van der Waals surface area contributed by atoms with Gasteiger partial charge in [0, 0.05) is 36.0 Å². The van der Waals surface area contributed by atoms with E-state index in [0.717, 1.165) is 42.8 Å². The van der Waals surface area contributed by atoms with Crippen LogP contribution in [0.4, 0.5) is 16.2 Å².